The number of rotatable bonds is 3. The van der Waals surface area contributed by atoms with Crippen LogP contribution in [-0.4, -0.2) is 18.4 Å². The average Bonchev–Trinajstić information content (AvgIpc) is 2.97. The Balaban J connectivity index is 1.72. The van der Waals surface area contributed by atoms with Crippen molar-refractivity contribution in [3.8, 4) is 6.07 Å². The molecule has 1 atom stereocenters. The second-order valence-electron chi connectivity index (χ2n) is 5.54. The molecule has 0 spiro atoms. The van der Waals surface area contributed by atoms with Crippen LogP contribution in [0, 0.1) is 23.1 Å². The molecule has 3 rings (SSSR count). The number of nitriles is 1. The summed E-state index contributed by atoms with van der Waals surface area (Å²) in [6, 6.07) is 14.5. The molecule has 1 fully saturated rings. The third-order valence-electron chi connectivity index (χ3n) is 3.90. The molecular weight excluding hydrogens is 309 g/mol. The van der Waals surface area contributed by atoms with Crippen LogP contribution in [0.2, 0.25) is 0 Å². The Bertz CT molecular complexity index is 844. The van der Waals surface area contributed by atoms with Crippen molar-refractivity contribution < 1.29 is 14.0 Å². The lowest BCUT2D eigenvalue weighted by Gasteiger charge is -2.17. The molecule has 1 aliphatic heterocycles. The van der Waals surface area contributed by atoms with Gasteiger partial charge in [0.25, 0.3) is 0 Å². The smallest absolute Gasteiger partial charge is 0.229 e. The van der Waals surface area contributed by atoms with E-state index < -0.39 is 11.7 Å². The van der Waals surface area contributed by atoms with Crippen molar-refractivity contribution in [1.82, 2.24) is 0 Å². The summed E-state index contributed by atoms with van der Waals surface area (Å²) in [6.45, 7) is 0.129. The Morgan fingerprint density at radius 3 is 2.79 bits per heavy atom. The zero-order chi connectivity index (χ0) is 17.1. The highest BCUT2D eigenvalue weighted by atomic mass is 19.1. The Kier molecular flexibility index (Phi) is 4.25. The Morgan fingerprint density at radius 2 is 2.04 bits per heavy atom. The quantitative estimate of drug-likeness (QED) is 0.944. The van der Waals surface area contributed by atoms with Gasteiger partial charge in [-0.05, 0) is 30.3 Å². The van der Waals surface area contributed by atoms with Gasteiger partial charge in [-0.25, -0.2) is 4.39 Å². The monoisotopic (exact) mass is 323 g/mol. The van der Waals surface area contributed by atoms with Crippen molar-refractivity contribution in [2.24, 2.45) is 5.92 Å². The Labute approximate surface area is 138 Å². The number of carbonyl (C=O) groups excluding carboxylic acids is 2. The molecule has 6 heteroatoms. The SMILES string of the molecule is N#Cc1cccc(NC(=O)[C@@H]2CC(=O)N(c3ccccc3F)C2)c1. The van der Waals surface area contributed by atoms with E-state index in [0.29, 0.717) is 11.3 Å². The zero-order valence-electron chi connectivity index (χ0n) is 12.7. The molecule has 5 nitrogen and oxygen atoms in total. The van der Waals surface area contributed by atoms with E-state index in [2.05, 4.69) is 5.32 Å². The third kappa shape index (κ3) is 3.10. The van der Waals surface area contributed by atoms with Crippen LogP contribution in [0.3, 0.4) is 0 Å². The van der Waals surface area contributed by atoms with E-state index in [1.807, 2.05) is 6.07 Å². The molecule has 0 radical (unpaired) electrons. The number of nitrogens with zero attached hydrogens (tertiary/aromatic N) is 2. The first kappa shape index (κ1) is 15.7. The minimum atomic E-state index is -0.567. The molecule has 0 aromatic heterocycles. The Hall–Kier alpha value is -3.20. The van der Waals surface area contributed by atoms with E-state index >= 15 is 0 Å². The first-order valence-corrected chi connectivity index (χ1v) is 7.44. The largest absolute Gasteiger partial charge is 0.326 e. The van der Waals surface area contributed by atoms with E-state index in [4.69, 9.17) is 5.26 Å². The molecule has 0 unspecified atom stereocenters. The summed E-state index contributed by atoms with van der Waals surface area (Å²) in [6.07, 6.45) is 0.0259. The molecule has 2 aromatic carbocycles. The first-order chi connectivity index (χ1) is 11.6. The standard InChI is InChI=1S/C18H14FN3O2/c19-15-6-1-2-7-16(15)22-11-13(9-17(22)23)18(24)21-14-5-3-4-12(8-14)10-20/h1-8,13H,9,11H2,(H,21,24)/t13-/m1/s1. The number of hydrogen-bond acceptors (Lipinski definition) is 3. The highest BCUT2D eigenvalue weighted by molar-refractivity contribution is 6.03. The highest BCUT2D eigenvalue weighted by Crippen LogP contribution is 2.28. The van der Waals surface area contributed by atoms with Crippen molar-refractivity contribution in [3.63, 3.8) is 0 Å². The fraction of sp³-hybridized carbons (Fsp3) is 0.167. The minimum absolute atomic E-state index is 0.0259. The van der Waals surface area contributed by atoms with E-state index in [1.54, 1.807) is 36.4 Å². The van der Waals surface area contributed by atoms with Gasteiger partial charge in [0.2, 0.25) is 11.8 Å². The van der Waals surface area contributed by atoms with E-state index in [0.717, 1.165) is 0 Å². The fourth-order valence-corrected chi connectivity index (χ4v) is 2.70. The molecule has 120 valence electrons. The van der Waals surface area contributed by atoms with Crippen LogP contribution in [-0.2, 0) is 9.59 Å². The van der Waals surface area contributed by atoms with Gasteiger partial charge < -0.3 is 10.2 Å². The van der Waals surface area contributed by atoms with Crippen LogP contribution in [0.25, 0.3) is 0 Å². The van der Waals surface area contributed by atoms with Crippen molar-refractivity contribution in [2.75, 3.05) is 16.8 Å². The van der Waals surface area contributed by atoms with Crippen molar-refractivity contribution >= 4 is 23.2 Å². The predicted octanol–water partition coefficient (Wildman–Crippen LogP) is 2.69. The Morgan fingerprint density at radius 1 is 1.25 bits per heavy atom. The summed E-state index contributed by atoms with van der Waals surface area (Å²) in [5.74, 6) is -1.67. The molecule has 2 aromatic rings. The van der Waals surface area contributed by atoms with Gasteiger partial charge in [0.1, 0.15) is 5.82 Å². The topological polar surface area (TPSA) is 73.2 Å². The summed E-state index contributed by atoms with van der Waals surface area (Å²) in [5.41, 5.74) is 1.11. The third-order valence-corrected chi connectivity index (χ3v) is 3.90. The zero-order valence-corrected chi connectivity index (χ0v) is 12.7. The average molecular weight is 323 g/mol. The lowest BCUT2D eigenvalue weighted by Crippen LogP contribution is -2.28. The number of anilines is 2. The van der Waals surface area contributed by atoms with Gasteiger partial charge in [-0.2, -0.15) is 5.26 Å². The minimum Gasteiger partial charge on any atom is -0.326 e. The summed E-state index contributed by atoms with van der Waals surface area (Å²) in [5, 5.41) is 11.6. The van der Waals surface area contributed by atoms with Gasteiger partial charge in [0.05, 0.1) is 23.2 Å². The molecule has 24 heavy (non-hydrogen) atoms. The molecule has 0 saturated carbocycles. The second kappa shape index (κ2) is 6.50. The molecule has 0 aliphatic carbocycles. The van der Waals surface area contributed by atoms with Crippen molar-refractivity contribution in [3.05, 3.63) is 59.9 Å². The number of nitrogens with one attached hydrogen (secondary N) is 1. The van der Waals surface area contributed by atoms with Crippen LogP contribution >= 0.6 is 0 Å². The lowest BCUT2D eigenvalue weighted by atomic mass is 10.1. The second-order valence-corrected chi connectivity index (χ2v) is 5.54. The number of amides is 2. The van der Waals surface area contributed by atoms with Crippen LogP contribution in [0.4, 0.5) is 15.8 Å². The van der Waals surface area contributed by atoms with Crippen LogP contribution in [0.1, 0.15) is 12.0 Å². The van der Waals surface area contributed by atoms with Gasteiger partial charge in [-0.3, -0.25) is 9.59 Å². The molecule has 1 aliphatic rings. The number of carbonyl (C=O) groups is 2. The first-order valence-electron chi connectivity index (χ1n) is 7.44. The summed E-state index contributed by atoms with van der Waals surface area (Å²) < 4.78 is 13.8. The van der Waals surface area contributed by atoms with Gasteiger partial charge in [0, 0.05) is 18.7 Å². The number of halogens is 1. The van der Waals surface area contributed by atoms with Crippen LogP contribution < -0.4 is 10.2 Å². The van der Waals surface area contributed by atoms with E-state index in [-0.39, 0.29) is 30.5 Å². The number of benzene rings is 2. The predicted molar refractivity (Wildman–Crippen MR) is 86.6 cm³/mol. The van der Waals surface area contributed by atoms with Gasteiger partial charge in [-0.1, -0.05) is 18.2 Å². The van der Waals surface area contributed by atoms with E-state index in [1.165, 1.54) is 17.0 Å². The molecule has 1 N–H and O–H groups in total. The van der Waals surface area contributed by atoms with Gasteiger partial charge >= 0.3 is 0 Å². The maximum atomic E-state index is 13.8. The summed E-state index contributed by atoms with van der Waals surface area (Å²) >= 11 is 0. The number of hydrogen-bond donors (Lipinski definition) is 1. The van der Waals surface area contributed by atoms with Crippen LogP contribution in [0.5, 0.6) is 0 Å². The van der Waals surface area contributed by atoms with Gasteiger partial charge in [0.15, 0.2) is 0 Å². The fourth-order valence-electron chi connectivity index (χ4n) is 2.70. The molecule has 1 saturated heterocycles. The molecule has 1 heterocycles. The lowest BCUT2D eigenvalue weighted by molar-refractivity contribution is -0.122. The highest BCUT2D eigenvalue weighted by Gasteiger charge is 2.36. The van der Waals surface area contributed by atoms with E-state index in [9.17, 15) is 14.0 Å². The number of para-hydroxylation sites is 1. The molecule has 0 bridgehead atoms. The van der Waals surface area contributed by atoms with Crippen molar-refractivity contribution in [1.29, 1.82) is 5.26 Å². The summed E-state index contributed by atoms with van der Waals surface area (Å²) in [7, 11) is 0. The van der Waals surface area contributed by atoms with Gasteiger partial charge in [-0.15, -0.1) is 0 Å². The normalized spacial score (nSPS) is 16.8. The van der Waals surface area contributed by atoms with Crippen LogP contribution in [0.15, 0.2) is 48.5 Å². The van der Waals surface area contributed by atoms with Crippen molar-refractivity contribution in [2.45, 2.75) is 6.42 Å². The molecule has 2 amide bonds. The summed E-state index contributed by atoms with van der Waals surface area (Å²) in [4.78, 5) is 25.8. The molecular formula is C18H14FN3O2. The maximum absolute atomic E-state index is 13.8. The maximum Gasteiger partial charge on any atom is 0.229 e.